The Morgan fingerprint density at radius 2 is 0.776 bits per heavy atom. The van der Waals surface area contributed by atoms with Crippen LogP contribution in [-0.4, -0.2) is 0 Å². The molecule has 0 amide bonds. The molecule has 0 aliphatic rings. The van der Waals surface area contributed by atoms with Crippen molar-refractivity contribution in [2.75, 3.05) is 4.90 Å². The Bertz CT molecular complexity index is 3250. The van der Waals surface area contributed by atoms with E-state index in [1.165, 1.54) is 54.9 Å². The topological polar surface area (TPSA) is 16.4 Å². The first-order chi connectivity index (χ1) is 28.7. The lowest BCUT2D eigenvalue weighted by Crippen LogP contribution is -2.09. The van der Waals surface area contributed by atoms with Crippen LogP contribution in [0.1, 0.15) is 0 Å². The molecule has 0 spiro atoms. The average molecular weight is 740 g/mol. The van der Waals surface area contributed by atoms with Crippen molar-refractivity contribution in [1.82, 2.24) is 0 Å². The van der Waals surface area contributed by atoms with Gasteiger partial charge in [-0.25, -0.2) is 0 Å². The lowest BCUT2D eigenvalue weighted by atomic mass is 9.97. The van der Waals surface area contributed by atoms with Crippen LogP contribution >= 0.6 is 0 Å². The third-order valence-corrected chi connectivity index (χ3v) is 11.5. The number of furan rings is 1. The predicted molar refractivity (Wildman–Crippen MR) is 245 cm³/mol. The van der Waals surface area contributed by atoms with Crippen LogP contribution < -0.4 is 4.90 Å². The van der Waals surface area contributed by atoms with E-state index in [-0.39, 0.29) is 0 Å². The molecule has 0 N–H and O–H groups in total. The largest absolute Gasteiger partial charge is 0.455 e. The summed E-state index contributed by atoms with van der Waals surface area (Å²) in [7, 11) is 0. The van der Waals surface area contributed by atoms with Crippen molar-refractivity contribution in [3.05, 3.63) is 224 Å². The number of anilines is 3. The molecule has 1 heterocycles. The molecule has 11 aromatic rings. The molecule has 0 unspecified atom stereocenters. The summed E-state index contributed by atoms with van der Waals surface area (Å²) in [4.78, 5) is 2.33. The Morgan fingerprint density at radius 3 is 1.48 bits per heavy atom. The quantitative estimate of drug-likeness (QED) is 0.162. The van der Waals surface area contributed by atoms with Gasteiger partial charge in [0.15, 0.2) is 0 Å². The molecule has 272 valence electrons. The molecule has 2 heteroatoms. The van der Waals surface area contributed by atoms with E-state index in [2.05, 4.69) is 223 Å². The highest BCUT2D eigenvalue weighted by Gasteiger charge is 2.18. The zero-order chi connectivity index (χ0) is 38.4. The Labute approximate surface area is 337 Å². The zero-order valence-corrected chi connectivity index (χ0v) is 31.7. The Kier molecular flexibility index (Phi) is 8.19. The molecule has 1 aromatic heterocycles. The Morgan fingerprint density at radius 1 is 0.276 bits per heavy atom. The van der Waals surface area contributed by atoms with E-state index < -0.39 is 0 Å². The van der Waals surface area contributed by atoms with Crippen molar-refractivity contribution in [2.24, 2.45) is 0 Å². The second-order valence-electron chi connectivity index (χ2n) is 14.9. The summed E-state index contributed by atoms with van der Waals surface area (Å²) >= 11 is 0. The van der Waals surface area contributed by atoms with E-state index in [1.807, 2.05) is 6.07 Å². The summed E-state index contributed by atoms with van der Waals surface area (Å²) in [6.07, 6.45) is 0. The number of rotatable bonds is 7. The first-order valence-electron chi connectivity index (χ1n) is 19.8. The lowest BCUT2D eigenvalue weighted by Gasteiger charge is -2.26. The van der Waals surface area contributed by atoms with Gasteiger partial charge in [0.25, 0.3) is 0 Å². The molecule has 0 fully saturated rings. The minimum Gasteiger partial charge on any atom is -0.455 e. The van der Waals surface area contributed by atoms with Crippen molar-refractivity contribution in [1.29, 1.82) is 0 Å². The molecule has 11 rings (SSSR count). The molecule has 0 aliphatic heterocycles. The van der Waals surface area contributed by atoms with E-state index in [4.69, 9.17) is 4.42 Å². The van der Waals surface area contributed by atoms with E-state index >= 15 is 0 Å². The van der Waals surface area contributed by atoms with Gasteiger partial charge in [-0.2, -0.15) is 0 Å². The minimum absolute atomic E-state index is 0.858. The molecule has 0 saturated heterocycles. The maximum atomic E-state index is 6.74. The second-order valence-corrected chi connectivity index (χ2v) is 14.9. The van der Waals surface area contributed by atoms with Crippen LogP contribution in [0.4, 0.5) is 17.1 Å². The van der Waals surface area contributed by atoms with Crippen LogP contribution in [0.25, 0.3) is 88.0 Å². The molecule has 0 bridgehead atoms. The Hall–Kier alpha value is -7.68. The SMILES string of the molecule is c1ccc(-c2ccc3cc(-c4ccc(N(c5ccc(-c6cccc7ccccc67)cc5)c5ccc6c(c5)oc5c(-c7ccccc7)cccc56)cc4)ccc3c2)cc1. The Balaban J connectivity index is 0.993. The van der Waals surface area contributed by atoms with E-state index in [1.54, 1.807) is 0 Å². The van der Waals surface area contributed by atoms with Gasteiger partial charge in [0, 0.05) is 39.5 Å². The molecular weight excluding hydrogens is 703 g/mol. The molecule has 0 atom stereocenters. The summed E-state index contributed by atoms with van der Waals surface area (Å²) in [5.41, 5.74) is 14.4. The highest BCUT2D eigenvalue weighted by molar-refractivity contribution is 6.10. The third kappa shape index (κ3) is 6.00. The van der Waals surface area contributed by atoms with Crippen molar-refractivity contribution in [2.45, 2.75) is 0 Å². The first-order valence-corrected chi connectivity index (χ1v) is 19.8. The fourth-order valence-electron chi connectivity index (χ4n) is 8.52. The van der Waals surface area contributed by atoms with Gasteiger partial charge in [-0.15, -0.1) is 0 Å². The first kappa shape index (κ1) is 33.6. The minimum atomic E-state index is 0.858. The van der Waals surface area contributed by atoms with Gasteiger partial charge in [0.05, 0.1) is 0 Å². The summed E-state index contributed by atoms with van der Waals surface area (Å²) in [5, 5.41) is 7.17. The highest BCUT2D eigenvalue weighted by Crippen LogP contribution is 2.42. The zero-order valence-electron chi connectivity index (χ0n) is 31.7. The van der Waals surface area contributed by atoms with Crippen molar-refractivity contribution in [3.63, 3.8) is 0 Å². The standard InChI is InChI=1S/C56H37NO/c1-3-11-38(12-4-1)43-21-23-46-36-44(22-24-45(46)35-43)39-25-29-47(30-26-39)57(48-31-27-42(28-32-48)51-18-9-16-40-15-7-8-17-50(40)51)49-33-34-53-54-20-10-19-52(41-13-5-2-6-14-41)56(54)58-55(53)37-49/h1-37H. The monoisotopic (exact) mass is 739 g/mol. The number of nitrogens with zero attached hydrogens (tertiary/aromatic N) is 1. The summed E-state index contributed by atoms with van der Waals surface area (Å²) in [6, 6.07) is 80.5. The molecular formula is C56H37NO. The molecule has 2 nitrogen and oxygen atoms in total. The highest BCUT2D eigenvalue weighted by atomic mass is 16.3. The molecule has 10 aromatic carbocycles. The van der Waals surface area contributed by atoms with Crippen molar-refractivity contribution in [3.8, 4) is 44.5 Å². The van der Waals surface area contributed by atoms with Gasteiger partial charge in [-0.3, -0.25) is 0 Å². The van der Waals surface area contributed by atoms with E-state index in [0.717, 1.165) is 50.1 Å². The van der Waals surface area contributed by atoms with E-state index in [0.29, 0.717) is 0 Å². The maximum Gasteiger partial charge on any atom is 0.143 e. The van der Waals surface area contributed by atoms with Gasteiger partial charge in [-0.05, 0) is 109 Å². The summed E-state index contributed by atoms with van der Waals surface area (Å²) < 4.78 is 6.74. The fraction of sp³-hybridized carbons (Fsp3) is 0. The van der Waals surface area contributed by atoms with Gasteiger partial charge in [0.1, 0.15) is 11.2 Å². The van der Waals surface area contributed by atoms with Gasteiger partial charge in [0.2, 0.25) is 0 Å². The third-order valence-electron chi connectivity index (χ3n) is 11.5. The predicted octanol–water partition coefficient (Wildman–Crippen LogP) is 16.0. The number of hydrogen-bond donors (Lipinski definition) is 0. The number of fused-ring (bicyclic) bond motifs is 5. The van der Waals surface area contributed by atoms with Crippen molar-refractivity contribution < 1.29 is 4.42 Å². The van der Waals surface area contributed by atoms with Crippen LogP contribution in [0.15, 0.2) is 229 Å². The normalized spacial score (nSPS) is 11.4. The molecule has 58 heavy (non-hydrogen) atoms. The molecule has 0 saturated carbocycles. The van der Waals surface area contributed by atoms with Crippen molar-refractivity contribution >= 4 is 60.5 Å². The number of benzene rings is 10. The van der Waals surface area contributed by atoms with Gasteiger partial charge in [-0.1, -0.05) is 170 Å². The van der Waals surface area contributed by atoms with Crippen LogP contribution in [0, 0.1) is 0 Å². The van der Waals surface area contributed by atoms with Crippen LogP contribution in [-0.2, 0) is 0 Å². The van der Waals surface area contributed by atoms with Crippen LogP contribution in [0.2, 0.25) is 0 Å². The molecule has 0 aliphatic carbocycles. The molecule has 0 radical (unpaired) electrons. The summed E-state index contributed by atoms with van der Waals surface area (Å²) in [6.45, 7) is 0. The second kappa shape index (κ2) is 14.1. The number of para-hydroxylation sites is 1. The maximum absolute atomic E-state index is 6.74. The van der Waals surface area contributed by atoms with Gasteiger partial charge >= 0.3 is 0 Å². The van der Waals surface area contributed by atoms with E-state index in [9.17, 15) is 0 Å². The summed E-state index contributed by atoms with van der Waals surface area (Å²) in [5.74, 6) is 0. The van der Waals surface area contributed by atoms with Crippen LogP contribution in [0.3, 0.4) is 0 Å². The smallest absolute Gasteiger partial charge is 0.143 e. The van der Waals surface area contributed by atoms with Crippen LogP contribution in [0.5, 0.6) is 0 Å². The number of hydrogen-bond acceptors (Lipinski definition) is 2. The lowest BCUT2D eigenvalue weighted by molar-refractivity contribution is 0.670. The van der Waals surface area contributed by atoms with Gasteiger partial charge < -0.3 is 9.32 Å². The fourth-order valence-corrected chi connectivity index (χ4v) is 8.52. The average Bonchev–Trinajstić information content (AvgIpc) is 3.68.